The highest BCUT2D eigenvalue weighted by molar-refractivity contribution is 6.62. The summed E-state index contributed by atoms with van der Waals surface area (Å²) in [6.07, 6.45) is 0. The van der Waals surface area contributed by atoms with Crippen molar-refractivity contribution in [2.45, 2.75) is 0 Å². The summed E-state index contributed by atoms with van der Waals surface area (Å²) >= 11 is 0. The first-order chi connectivity index (χ1) is 6.43. The predicted octanol–water partition coefficient (Wildman–Crippen LogP) is -3.54. The van der Waals surface area contributed by atoms with Crippen molar-refractivity contribution < 1.29 is 30.3 Å². The van der Waals surface area contributed by atoms with Gasteiger partial charge in [-0.25, -0.2) is 0 Å². The van der Waals surface area contributed by atoms with Crippen molar-refractivity contribution in [2.24, 2.45) is 0 Å². The van der Waals surface area contributed by atoms with Gasteiger partial charge in [0.15, 0.2) is 0 Å². The van der Waals surface area contributed by atoms with Crippen LogP contribution in [-0.2, 0) is 0 Å². The van der Waals surface area contributed by atoms with Gasteiger partial charge in [0.2, 0.25) is 0 Å². The number of benzene rings is 1. The van der Waals surface area contributed by atoms with Crippen LogP contribution in [0, 0.1) is 0 Å². The molecule has 0 amide bonds. The Hall–Kier alpha value is -1.21. The number of hydrogen-bond donors (Lipinski definition) is 6. The second-order valence-corrected chi connectivity index (χ2v) is 2.72. The molecule has 1 aromatic carbocycles. The second kappa shape index (κ2) is 3.89. The summed E-state index contributed by atoms with van der Waals surface area (Å²) in [6, 6.07) is 1.68. The zero-order chi connectivity index (χ0) is 10.9. The maximum absolute atomic E-state index is 9.18. The molecule has 14 heavy (non-hydrogen) atoms. The summed E-state index contributed by atoms with van der Waals surface area (Å²) in [5, 5.41) is 53.2. The Morgan fingerprint density at radius 2 is 1.00 bits per heavy atom. The second-order valence-electron chi connectivity index (χ2n) is 2.72. The molecule has 0 radical (unpaired) electrons. The van der Waals surface area contributed by atoms with E-state index < -0.39 is 25.7 Å². The normalized spacial score (nSPS) is 10.0. The summed E-state index contributed by atoms with van der Waals surface area (Å²) in [7, 11) is -3.88. The molecule has 0 heterocycles. The molecule has 6 nitrogen and oxygen atoms in total. The highest BCUT2D eigenvalue weighted by Gasteiger charge is 2.23. The van der Waals surface area contributed by atoms with Crippen LogP contribution >= 0.6 is 0 Å². The topological polar surface area (TPSA) is 121 Å². The van der Waals surface area contributed by atoms with Crippen molar-refractivity contribution in [3.8, 4) is 11.5 Å². The Morgan fingerprint density at radius 3 is 1.21 bits per heavy atom. The van der Waals surface area contributed by atoms with Gasteiger partial charge in [0.25, 0.3) is 0 Å². The molecule has 6 N–H and O–H groups in total. The fraction of sp³-hybridized carbons (Fsp3) is 0. The quantitative estimate of drug-likeness (QED) is 0.216. The van der Waals surface area contributed by atoms with Crippen LogP contribution in [0.3, 0.4) is 0 Å². The number of rotatable bonds is 2. The molecule has 0 fully saturated rings. The van der Waals surface area contributed by atoms with E-state index in [1.165, 1.54) is 0 Å². The number of hydrogen-bond acceptors (Lipinski definition) is 6. The van der Waals surface area contributed by atoms with E-state index >= 15 is 0 Å². The molecule has 0 saturated carbocycles. The average molecular weight is 198 g/mol. The van der Waals surface area contributed by atoms with Crippen LogP contribution in [0.25, 0.3) is 0 Å². The Balaban J connectivity index is 3.24. The molecule has 0 bridgehead atoms. The van der Waals surface area contributed by atoms with E-state index in [2.05, 4.69) is 0 Å². The fourth-order valence-corrected chi connectivity index (χ4v) is 1.02. The lowest BCUT2D eigenvalue weighted by Gasteiger charge is -2.08. The van der Waals surface area contributed by atoms with E-state index in [-0.39, 0.29) is 10.9 Å². The zero-order valence-corrected chi connectivity index (χ0v) is 6.99. The van der Waals surface area contributed by atoms with Gasteiger partial charge in [-0.2, -0.15) is 0 Å². The smallest absolute Gasteiger partial charge is 0.492 e. The van der Waals surface area contributed by atoms with Crippen molar-refractivity contribution in [1.82, 2.24) is 0 Å². The van der Waals surface area contributed by atoms with E-state index in [0.29, 0.717) is 0 Å². The summed E-state index contributed by atoms with van der Waals surface area (Å²) in [5.41, 5.74) is -0.626. The molecule has 0 unspecified atom stereocenters. The van der Waals surface area contributed by atoms with E-state index in [1.54, 1.807) is 0 Å². The SMILES string of the molecule is OB(O)c1cc(O)c(B(O)O)cc1O. The van der Waals surface area contributed by atoms with Gasteiger partial charge in [0.05, 0.1) is 0 Å². The summed E-state index contributed by atoms with van der Waals surface area (Å²) < 4.78 is 0. The molecule has 0 spiro atoms. The fourth-order valence-electron chi connectivity index (χ4n) is 1.02. The average Bonchev–Trinajstić information content (AvgIpc) is 2.07. The third-order valence-corrected chi connectivity index (χ3v) is 1.73. The van der Waals surface area contributed by atoms with E-state index in [9.17, 15) is 10.2 Å². The third-order valence-electron chi connectivity index (χ3n) is 1.73. The van der Waals surface area contributed by atoms with Crippen LogP contribution in [-0.4, -0.2) is 44.5 Å². The van der Waals surface area contributed by atoms with Crippen molar-refractivity contribution >= 4 is 25.2 Å². The van der Waals surface area contributed by atoms with Gasteiger partial charge in [-0.1, -0.05) is 0 Å². The minimum Gasteiger partial charge on any atom is -0.508 e. The number of phenols is 2. The largest absolute Gasteiger partial charge is 0.508 e. The molecule has 0 aliphatic heterocycles. The van der Waals surface area contributed by atoms with Gasteiger partial charge in [0.1, 0.15) is 11.5 Å². The van der Waals surface area contributed by atoms with Gasteiger partial charge >= 0.3 is 14.2 Å². The van der Waals surface area contributed by atoms with Crippen LogP contribution in [0.15, 0.2) is 12.1 Å². The van der Waals surface area contributed by atoms with Crippen LogP contribution in [0.4, 0.5) is 0 Å². The Morgan fingerprint density at radius 1 is 0.714 bits per heavy atom. The van der Waals surface area contributed by atoms with Gasteiger partial charge in [-0.15, -0.1) is 0 Å². The molecular weight excluding hydrogens is 190 g/mol. The summed E-state index contributed by atoms with van der Waals surface area (Å²) in [4.78, 5) is 0. The first kappa shape index (κ1) is 10.9. The lowest BCUT2D eigenvalue weighted by molar-refractivity contribution is 0.411. The van der Waals surface area contributed by atoms with Crippen LogP contribution in [0.5, 0.6) is 11.5 Å². The molecule has 0 atom stereocenters. The highest BCUT2D eigenvalue weighted by Crippen LogP contribution is 2.11. The Labute approximate surface area is 80.0 Å². The maximum Gasteiger partial charge on any atom is 0.492 e. The molecule has 1 rings (SSSR count). The zero-order valence-electron chi connectivity index (χ0n) is 6.99. The first-order valence-corrected chi connectivity index (χ1v) is 3.71. The summed E-state index contributed by atoms with van der Waals surface area (Å²) in [5.74, 6) is -1.08. The molecule has 1 aromatic rings. The lowest BCUT2D eigenvalue weighted by Crippen LogP contribution is -2.35. The molecule has 0 aromatic heterocycles. The lowest BCUT2D eigenvalue weighted by atomic mass is 9.73. The van der Waals surface area contributed by atoms with E-state index in [1.807, 2.05) is 0 Å². The molecule has 74 valence electrons. The Kier molecular flexibility index (Phi) is 3.02. The van der Waals surface area contributed by atoms with Gasteiger partial charge in [-0.3, -0.25) is 0 Å². The highest BCUT2D eigenvalue weighted by atomic mass is 16.4. The predicted molar refractivity (Wildman–Crippen MR) is 49.4 cm³/mol. The van der Waals surface area contributed by atoms with E-state index in [4.69, 9.17) is 20.1 Å². The first-order valence-electron chi connectivity index (χ1n) is 3.71. The number of aromatic hydroxyl groups is 2. The summed E-state index contributed by atoms with van der Waals surface area (Å²) in [6.45, 7) is 0. The molecule has 0 aliphatic rings. The van der Waals surface area contributed by atoms with E-state index in [0.717, 1.165) is 12.1 Å². The van der Waals surface area contributed by atoms with Gasteiger partial charge in [-0.05, 0) is 12.1 Å². The molecule has 8 heteroatoms. The molecule has 0 saturated heterocycles. The van der Waals surface area contributed by atoms with Crippen LogP contribution < -0.4 is 10.9 Å². The van der Waals surface area contributed by atoms with Crippen molar-refractivity contribution in [1.29, 1.82) is 0 Å². The maximum atomic E-state index is 9.18. The van der Waals surface area contributed by atoms with Gasteiger partial charge in [0, 0.05) is 10.9 Å². The van der Waals surface area contributed by atoms with Gasteiger partial charge < -0.3 is 30.3 Å². The van der Waals surface area contributed by atoms with Crippen molar-refractivity contribution in [3.63, 3.8) is 0 Å². The standard InChI is InChI=1S/C6H8B2O6/c9-5-1-3(7(11)12)6(10)2-4(5)8(13)14/h1-2,9-14H. The van der Waals surface area contributed by atoms with Crippen molar-refractivity contribution in [3.05, 3.63) is 12.1 Å². The third kappa shape index (κ3) is 1.99. The number of phenolic OH excluding ortho intramolecular Hbond substituents is 2. The van der Waals surface area contributed by atoms with Crippen LogP contribution in [0.2, 0.25) is 0 Å². The minimum atomic E-state index is -1.94. The minimum absolute atomic E-state index is 0.313. The van der Waals surface area contributed by atoms with Crippen LogP contribution in [0.1, 0.15) is 0 Å². The van der Waals surface area contributed by atoms with Crippen molar-refractivity contribution in [2.75, 3.05) is 0 Å². The molecule has 0 aliphatic carbocycles. The Bertz CT molecular complexity index is 306. The molecular formula is C6H8B2O6. The monoisotopic (exact) mass is 198 g/mol.